The molecule has 3 heterocycles. The molecule has 0 radical (unpaired) electrons. The second-order valence-electron chi connectivity index (χ2n) is 8.50. The van der Waals surface area contributed by atoms with Crippen molar-refractivity contribution in [2.75, 3.05) is 14.1 Å². The van der Waals surface area contributed by atoms with Crippen LogP contribution >= 0.6 is 0 Å². The minimum absolute atomic E-state index is 0. The fourth-order valence-electron chi connectivity index (χ4n) is 5.27. The molecule has 4 rings (SSSR count). The molecule has 0 aliphatic carbocycles. The first-order valence-electron chi connectivity index (χ1n) is 9.53. The molecular formula is C22H29BrN2O. The molecule has 2 saturated heterocycles. The van der Waals surface area contributed by atoms with Gasteiger partial charge in [-0.1, -0.05) is 36.4 Å². The van der Waals surface area contributed by atoms with Gasteiger partial charge < -0.3 is 26.6 Å². The van der Waals surface area contributed by atoms with E-state index in [0.717, 1.165) is 29.8 Å². The summed E-state index contributed by atoms with van der Waals surface area (Å²) in [7, 11) is 4.78. The summed E-state index contributed by atoms with van der Waals surface area (Å²) in [5.41, 5.74) is 0.731. The van der Waals surface area contributed by atoms with Gasteiger partial charge in [0.1, 0.15) is 5.60 Å². The number of hydrogen-bond acceptors (Lipinski definition) is 2. The summed E-state index contributed by atoms with van der Waals surface area (Å²) >= 11 is 0. The molecule has 0 amide bonds. The topological polar surface area (TPSA) is 33.1 Å². The fraction of sp³-hybridized carbons (Fsp3) is 0.500. The molecule has 2 aliphatic rings. The second kappa shape index (κ2) is 7.41. The van der Waals surface area contributed by atoms with Gasteiger partial charge in [-0.25, -0.2) is 0 Å². The number of nitrogens with zero attached hydrogens (tertiary/aromatic N) is 2. The number of fused-ring (bicyclic) bond motifs is 2. The van der Waals surface area contributed by atoms with E-state index in [4.69, 9.17) is 0 Å². The molecule has 0 spiro atoms. The van der Waals surface area contributed by atoms with Gasteiger partial charge in [0.2, 0.25) is 0 Å². The summed E-state index contributed by atoms with van der Waals surface area (Å²) in [6.45, 7) is 0. The van der Waals surface area contributed by atoms with Crippen LogP contribution in [0.4, 0.5) is 0 Å². The zero-order valence-electron chi connectivity index (χ0n) is 15.7. The predicted molar refractivity (Wildman–Crippen MR) is 99.9 cm³/mol. The summed E-state index contributed by atoms with van der Waals surface area (Å²) in [5, 5.41) is 11.8. The molecule has 2 bridgehead atoms. The van der Waals surface area contributed by atoms with Gasteiger partial charge in [0.05, 0.1) is 31.9 Å². The molecule has 0 saturated carbocycles. The van der Waals surface area contributed by atoms with Crippen LogP contribution < -0.4 is 17.0 Å². The Kier molecular flexibility index (Phi) is 5.57. The first-order valence-corrected chi connectivity index (χ1v) is 9.53. The third kappa shape index (κ3) is 3.35. The van der Waals surface area contributed by atoms with E-state index in [1.165, 1.54) is 30.2 Å². The minimum atomic E-state index is -0.999. The zero-order valence-corrected chi connectivity index (χ0v) is 17.3. The normalized spacial score (nSPS) is 28.8. The smallest absolute Gasteiger partial charge is 0.132 e. The Bertz CT molecular complexity index is 664. The first kappa shape index (κ1) is 19.5. The van der Waals surface area contributed by atoms with Gasteiger partial charge in [-0.05, 0) is 30.0 Å². The lowest BCUT2D eigenvalue weighted by Crippen LogP contribution is -3.00. The number of rotatable bonds is 4. The Morgan fingerprint density at radius 3 is 2.19 bits per heavy atom. The summed E-state index contributed by atoms with van der Waals surface area (Å²) < 4.78 is 1.17. The maximum absolute atomic E-state index is 11.8. The van der Waals surface area contributed by atoms with Crippen LogP contribution in [-0.2, 0) is 5.60 Å². The van der Waals surface area contributed by atoms with Gasteiger partial charge in [0, 0.05) is 31.9 Å². The van der Waals surface area contributed by atoms with E-state index in [1.54, 1.807) is 6.20 Å². The summed E-state index contributed by atoms with van der Waals surface area (Å²) in [4.78, 5) is 4.52. The standard InChI is InChI=1S/C22H29N2O.BrH/c1-24(2)19-11-12-20(24)15-17(14-19)16-22(25,18-8-4-3-5-9-18)21-10-6-7-13-23-21;/h3-10,13,17,19-20,25H,11-12,14-16H2,1-2H3;1H/q+1;/p-1/t17?,19-,20+,22?;. The average molecular weight is 417 g/mol. The van der Waals surface area contributed by atoms with Crippen molar-refractivity contribution in [2.45, 2.75) is 49.8 Å². The van der Waals surface area contributed by atoms with Crippen molar-refractivity contribution in [1.82, 2.24) is 4.98 Å². The van der Waals surface area contributed by atoms with Crippen molar-refractivity contribution in [2.24, 2.45) is 5.92 Å². The maximum Gasteiger partial charge on any atom is 0.132 e. The van der Waals surface area contributed by atoms with Gasteiger partial charge in [-0.2, -0.15) is 0 Å². The molecule has 4 atom stereocenters. The number of hydrogen-bond donors (Lipinski definition) is 1. The zero-order chi connectivity index (χ0) is 17.5. The van der Waals surface area contributed by atoms with Crippen molar-refractivity contribution < 1.29 is 26.6 Å². The molecule has 2 aromatic rings. The summed E-state index contributed by atoms with van der Waals surface area (Å²) in [6, 6.07) is 17.4. The highest BCUT2D eigenvalue weighted by molar-refractivity contribution is 5.32. The Morgan fingerprint density at radius 1 is 1.00 bits per heavy atom. The molecular weight excluding hydrogens is 388 g/mol. The third-order valence-electron chi connectivity index (χ3n) is 6.85. The Balaban J connectivity index is 0.00000196. The number of halogens is 1. The fourth-order valence-corrected chi connectivity index (χ4v) is 5.27. The van der Waals surface area contributed by atoms with Gasteiger partial charge in [-0.3, -0.25) is 4.98 Å². The van der Waals surface area contributed by atoms with Gasteiger partial charge >= 0.3 is 0 Å². The molecule has 1 aromatic carbocycles. The third-order valence-corrected chi connectivity index (χ3v) is 6.85. The van der Waals surface area contributed by atoms with E-state index in [-0.39, 0.29) is 17.0 Å². The maximum atomic E-state index is 11.8. The van der Waals surface area contributed by atoms with Crippen molar-refractivity contribution >= 4 is 0 Å². The number of aliphatic hydroxyl groups is 1. The van der Waals surface area contributed by atoms with E-state index >= 15 is 0 Å². The van der Waals surface area contributed by atoms with Crippen LogP contribution in [0.3, 0.4) is 0 Å². The number of pyridine rings is 1. The molecule has 1 N–H and O–H groups in total. The van der Waals surface area contributed by atoms with Crippen molar-refractivity contribution in [3.63, 3.8) is 0 Å². The molecule has 2 fully saturated rings. The number of aromatic nitrogens is 1. The van der Waals surface area contributed by atoms with E-state index in [9.17, 15) is 5.11 Å². The second-order valence-corrected chi connectivity index (χ2v) is 8.50. The van der Waals surface area contributed by atoms with Crippen LogP contribution in [0, 0.1) is 5.92 Å². The monoisotopic (exact) mass is 416 g/mol. The summed E-state index contributed by atoms with van der Waals surface area (Å²) in [6.07, 6.45) is 7.65. The van der Waals surface area contributed by atoms with Gasteiger partial charge in [0.25, 0.3) is 0 Å². The SMILES string of the molecule is C[N+]1(C)[C@@H]2CC[C@H]1CC(CC(O)(c1ccccc1)c1ccccn1)C2.[Br-]. The van der Waals surface area contributed by atoms with Crippen LogP contribution in [-0.4, -0.2) is 40.8 Å². The van der Waals surface area contributed by atoms with Crippen molar-refractivity contribution in [3.8, 4) is 0 Å². The highest BCUT2D eigenvalue weighted by Crippen LogP contribution is 2.46. The average Bonchev–Trinajstić information content (AvgIpc) is 2.80. The highest BCUT2D eigenvalue weighted by Gasteiger charge is 2.50. The molecule has 26 heavy (non-hydrogen) atoms. The lowest BCUT2D eigenvalue weighted by atomic mass is 9.76. The van der Waals surface area contributed by atoms with Crippen LogP contribution in [0.5, 0.6) is 0 Å². The molecule has 1 aromatic heterocycles. The van der Waals surface area contributed by atoms with E-state index < -0.39 is 5.60 Å². The Labute approximate surface area is 167 Å². The van der Waals surface area contributed by atoms with Crippen molar-refractivity contribution in [1.29, 1.82) is 0 Å². The van der Waals surface area contributed by atoms with E-state index in [2.05, 4.69) is 19.1 Å². The summed E-state index contributed by atoms with van der Waals surface area (Å²) in [5.74, 6) is 0.552. The largest absolute Gasteiger partial charge is 1.00 e. The van der Waals surface area contributed by atoms with Crippen molar-refractivity contribution in [3.05, 3.63) is 66.0 Å². The van der Waals surface area contributed by atoms with Crippen LogP contribution in [0.15, 0.2) is 54.7 Å². The lowest BCUT2D eigenvalue weighted by Gasteiger charge is -2.45. The number of benzene rings is 1. The Hall–Kier alpha value is -1.23. The Morgan fingerprint density at radius 2 is 1.62 bits per heavy atom. The highest BCUT2D eigenvalue weighted by atomic mass is 79.9. The molecule has 3 nitrogen and oxygen atoms in total. The van der Waals surface area contributed by atoms with Gasteiger partial charge in [0.15, 0.2) is 0 Å². The predicted octanol–water partition coefficient (Wildman–Crippen LogP) is 0.729. The lowest BCUT2D eigenvalue weighted by molar-refractivity contribution is -0.931. The van der Waals surface area contributed by atoms with E-state index in [1.807, 2.05) is 48.5 Å². The number of quaternary nitrogens is 1. The molecule has 2 aliphatic heterocycles. The molecule has 2 unspecified atom stereocenters. The molecule has 140 valence electrons. The van der Waals surface area contributed by atoms with Crippen LogP contribution in [0.1, 0.15) is 43.4 Å². The molecule has 4 heteroatoms. The van der Waals surface area contributed by atoms with Gasteiger partial charge in [-0.15, -0.1) is 0 Å². The quantitative estimate of drug-likeness (QED) is 0.745. The first-order chi connectivity index (χ1) is 12.0. The number of piperidine rings is 1. The van der Waals surface area contributed by atoms with E-state index in [0.29, 0.717) is 5.92 Å². The van der Waals surface area contributed by atoms with Crippen LogP contribution in [0.25, 0.3) is 0 Å². The van der Waals surface area contributed by atoms with Crippen LogP contribution in [0.2, 0.25) is 0 Å². The minimum Gasteiger partial charge on any atom is -1.00 e.